The van der Waals surface area contributed by atoms with Gasteiger partial charge >= 0.3 is 5.97 Å². The van der Waals surface area contributed by atoms with Gasteiger partial charge in [-0.25, -0.2) is 0 Å². The number of carboxylic acid groups (broad SMARTS) is 1. The molecule has 0 aromatic heterocycles. The maximum absolute atomic E-state index is 12.7. The van der Waals surface area contributed by atoms with Gasteiger partial charge in [-0.3, -0.25) is 14.5 Å². The molecule has 1 saturated carbocycles. The highest BCUT2D eigenvalue weighted by Gasteiger charge is 2.26. The molecule has 2 rings (SSSR count). The number of hydrogen-bond acceptors (Lipinski definition) is 3. The first-order chi connectivity index (χ1) is 10.2. The molecule has 0 atom stereocenters. The molecule has 1 N–H and O–H groups in total. The van der Waals surface area contributed by atoms with E-state index in [9.17, 15) is 9.59 Å². The van der Waals surface area contributed by atoms with E-state index in [2.05, 4.69) is 0 Å². The predicted molar refractivity (Wildman–Crippen MR) is 81.1 cm³/mol. The van der Waals surface area contributed by atoms with Crippen LogP contribution in [0.5, 0.6) is 0 Å². The van der Waals surface area contributed by atoms with Gasteiger partial charge in [0.15, 0.2) is 0 Å². The predicted octanol–water partition coefficient (Wildman–Crippen LogP) is 1.97. The molecule has 2 aliphatic rings. The van der Waals surface area contributed by atoms with Crippen LogP contribution in [0.1, 0.15) is 51.4 Å². The van der Waals surface area contributed by atoms with Gasteiger partial charge in [-0.15, -0.1) is 0 Å². The van der Waals surface area contributed by atoms with Crippen LogP contribution in [-0.4, -0.2) is 59.5 Å². The van der Waals surface area contributed by atoms with Crippen molar-refractivity contribution in [3.63, 3.8) is 0 Å². The molecule has 5 nitrogen and oxygen atoms in total. The van der Waals surface area contributed by atoms with Crippen molar-refractivity contribution < 1.29 is 14.7 Å². The van der Waals surface area contributed by atoms with Crippen molar-refractivity contribution >= 4 is 11.9 Å². The number of hydrogen-bond donors (Lipinski definition) is 1. The summed E-state index contributed by atoms with van der Waals surface area (Å²) in [5.74, 6) is -0.264. The van der Waals surface area contributed by atoms with Crippen LogP contribution in [0.3, 0.4) is 0 Å². The Hall–Kier alpha value is -1.10. The van der Waals surface area contributed by atoms with E-state index in [0.29, 0.717) is 19.0 Å². The number of amides is 1. The minimum absolute atomic E-state index is 0.0887. The van der Waals surface area contributed by atoms with Crippen molar-refractivity contribution in [2.45, 2.75) is 51.4 Å². The minimum atomic E-state index is -0.783. The first kappa shape index (κ1) is 16.3. The molecule has 0 spiro atoms. The Morgan fingerprint density at radius 2 is 1.52 bits per heavy atom. The SMILES string of the molecule is O=C(O)CN1CCCN(C(=O)C2CCCCCCC2)CC1. The highest BCUT2D eigenvalue weighted by Crippen LogP contribution is 2.24. The van der Waals surface area contributed by atoms with E-state index in [1.165, 1.54) is 32.1 Å². The van der Waals surface area contributed by atoms with Crippen LogP contribution in [0.4, 0.5) is 0 Å². The van der Waals surface area contributed by atoms with E-state index in [-0.39, 0.29) is 12.5 Å². The normalized spacial score (nSPS) is 23.1. The van der Waals surface area contributed by atoms with Crippen LogP contribution in [0, 0.1) is 5.92 Å². The Morgan fingerprint density at radius 3 is 2.19 bits per heavy atom. The molecule has 21 heavy (non-hydrogen) atoms. The van der Waals surface area contributed by atoms with Gasteiger partial charge in [0.1, 0.15) is 0 Å². The number of rotatable bonds is 3. The summed E-state index contributed by atoms with van der Waals surface area (Å²) >= 11 is 0. The van der Waals surface area contributed by atoms with Crippen molar-refractivity contribution in [2.75, 3.05) is 32.7 Å². The number of carbonyl (C=O) groups is 2. The van der Waals surface area contributed by atoms with E-state index < -0.39 is 5.97 Å². The summed E-state index contributed by atoms with van der Waals surface area (Å²) in [5, 5.41) is 8.87. The molecule has 5 heteroatoms. The zero-order chi connectivity index (χ0) is 15.1. The maximum Gasteiger partial charge on any atom is 0.317 e. The van der Waals surface area contributed by atoms with Crippen LogP contribution in [0.15, 0.2) is 0 Å². The van der Waals surface area contributed by atoms with Crippen LogP contribution >= 0.6 is 0 Å². The molecule has 1 saturated heterocycles. The molecular weight excluding hydrogens is 268 g/mol. The minimum Gasteiger partial charge on any atom is -0.480 e. The van der Waals surface area contributed by atoms with Gasteiger partial charge in [0.25, 0.3) is 0 Å². The van der Waals surface area contributed by atoms with E-state index in [4.69, 9.17) is 5.11 Å². The zero-order valence-corrected chi connectivity index (χ0v) is 12.9. The molecule has 0 aromatic carbocycles. The molecule has 1 amide bonds. The largest absolute Gasteiger partial charge is 0.480 e. The molecule has 1 heterocycles. The van der Waals surface area contributed by atoms with E-state index in [1.54, 1.807) is 0 Å². The lowest BCUT2D eigenvalue weighted by Crippen LogP contribution is -2.39. The molecule has 0 bridgehead atoms. The average Bonchev–Trinajstić information content (AvgIpc) is 2.62. The number of nitrogens with zero attached hydrogens (tertiary/aromatic N) is 2. The van der Waals surface area contributed by atoms with Gasteiger partial charge in [-0.05, 0) is 19.3 Å². The maximum atomic E-state index is 12.7. The third kappa shape index (κ3) is 5.30. The van der Waals surface area contributed by atoms with Crippen LogP contribution < -0.4 is 0 Å². The lowest BCUT2D eigenvalue weighted by molar-refractivity contribution is -0.138. The first-order valence-electron chi connectivity index (χ1n) is 8.40. The van der Waals surface area contributed by atoms with Gasteiger partial charge in [0.05, 0.1) is 6.54 Å². The topological polar surface area (TPSA) is 60.9 Å². The second-order valence-electron chi connectivity index (χ2n) is 6.39. The fourth-order valence-electron chi connectivity index (χ4n) is 3.50. The summed E-state index contributed by atoms with van der Waals surface area (Å²) in [4.78, 5) is 27.4. The van der Waals surface area contributed by atoms with Crippen LogP contribution in [0.2, 0.25) is 0 Å². The number of carbonyl (C=O) groups excluding carboxylic acids is 1. The Morgan fingerprint density at radius 1 is 0.857 bits per heavy atom. The second kappa shape index (κ2) is 8.37. The quantitative estimate of drug-likeness (QED) is 0.865. The molecule has 1 aliphatic carbocycles. The Labute approximate surface area is 127 Å². The fourth-order valence-corrected chi connectivity index (χ4v) is 3.50. The summed E-state index contributed by atoms with van der Waals surface area (Å²) in [6.45, 7) is 3.02. The molecule has 0 radical (unpaired) electrons. The van der Waals surface area contributed by atoms with Crippen molar-refractivity contribution in [1.82, 2.24) is 9.80 Å². The van der Waals surface area contributed by atoms with E-state index in [1.807, 2.05) is 9.80 Å². The number of aliphatic carboxylic acids is 1. The van der Waals surface area contributed by atoms with E-state index >= 15 is 0 Å². The van der Waals surface area contributed by atoms with Crippen molar-refractivity contribution in [3.05, 3.63) is 0 Å². The summed E-state index contributed by atoms with van der Waals surface area (Å²) in [6.07, 6.45) is 9.14. The Bertz CT molecular complexity index is 351. The molecule has 120 valence electrons. The molecule has 1 aliphatic heterocycles. The number of carboxylic acids is 1. The molecule has 2 fully saturated rings. The van der Waals surface area contributed by atoms with Crippen molar-refractivity contribution in [3.8, 4) is 0 Å². The Balaban J connectivity index is 1.85. The van der Waals surface area contributed by atoms with Crippen LogP contribution in [0.25, 0.3) is 0 Å². The third-order valence-electron chi connectivity index (χ3n) is 4.71. The standard InChI is InChI=1S/C16H28N2O3/c19-15(20)13-17-9-6-10-18(12-11-17)16(21)14-7-4-2-1-3-5-8-14/h14H,1-13H2,(H,19,20). The first-order valence-corrected chi connectivity index (χ1v) is 8.40. The highest BCUT2D eigenvalue weighted by atomic mass is 16.4. The summed E-state index contributed by atoms with van der Waals surface area (Å²) in [6, 6.07) is 0. The molecule has 0 aromatic rings. The molecular formula is C16H28N2O3. The highest BCUT2D eigenvalue weighted by molar-refractivity contribution is 5.78. The van der Waals surface area contributed by atoms with Gasteiger partial charge in [0.2, 0.25) is 5.91 Å². The second-order valence-corrected chi connectivity index (χ2v) is 6.39. The summed E-state index contributed by atoms with van der Waals surface area (Å²) < 4.78 is 0. The smallest absolute Gasteiger partial charge is 0.317 e. The summed E-state index contributed by atoms with van der Waals surface area (Å²) in [7, 11) is 0. The monoisotopic (exact) mass is 296 g/mol. The summed E-state index contributed by atoms with van der Waals surface area (Å²) in [5.41, 5.74) is 0. The third-order valence-corrected chi connectivity index (χ3v) is 4.71. The lowest BCUT2D eigenvalue weighted by Gasteiger charge is -2.27. The lowest BCUT2D eigenvalue weighted by atomic mass is 9.90. The van der Waals surface area contributed by atoms with Gasteiger partial charge in [-0.1, -0.05) is 32.1 Å². The van der Waals surface area contributed by atoms with Gasteiger partial charge in [-0.2, -0.15) is 0 Å². The van der Waals surface area contributed by atoms with E-state index in [0.717, 1.165) is 32.4 Å². The zero-order valence-electron chi connectivity index (χ0n) is 12.9. The Kier molecular flexibility index (Phi) is 6.49. The average molecular weight is 296 g/mol. The fraction of sp³-hybridized carbons (Fsp3) is 0.875. The van der Waals surface area contributed by atoms with Crippen LogP contribution in [-0.2, 0) is 9.59 Å². The van der Waals surface area contributed by atoms with Gasteiger partial charge in [0, 0.05) is 32.1 Å². The molecule has 0 unspecified atom stereocenters. The van der Waals surface area contributed by atoms with Crippen molar-refractivity contribution in [2.24, 2.45) is 5.92 Å². The van der Waals surface area contributed by atoms with Gasteiger partial charge < -0.3 is 10.0 Å². The van der Waals surface area contributed by atoms with Crippen molar-refractivity contribution in [1.29, 1.82) is 0 Å².